The van der Waals surface area contributed by atoms with Gasteiger partial charge in [-0.15, -0.1) is 0 Å². The Morgan fingerprint density at radius 2 is 2.35 bits per heavy atom. The molecule has 1 atom stereocenters. The SMILES string of the molecule is CN(CCCc1cnn(C)c1)C(=O)[C@@]1(C)CCCCO1. The summed E-state index contributed by atoms with van der Waals surface area (Å²) in [5.74, 6) is 0.114. The van der Waals surface area contributed by atoms with Crippen LogP contribution < -0.4 is 0 Å². The smallest absolute Gasteiger partial charge is 0.254 e. The Morgan fingerprint density at radius 3 is 2.95 bits per heavy atom. The Bertz CT molecular complexity index is 450. The van der Waals surface area contributed by atoms with Crippen LogP contribution in [0.2, 0.25) is 0 Å². The average Bonchev–Trinajstić information content (AvgIpc) is 2.84. The number of carbonyl (C=O) groups excluding carboxylic acids is 1. The van der Waals surface area contributed by atoms with Crippen LogP contribution >= 0.6 is 0 Å². The van der Waals surface area contributed by atoms with Gasteiger partial charge in [0.15, 0.2) is 0 Å². The number of likely N-dealkylation sites (N-methyl/N-ethyl adjacent to an activating group) is 1. The van der Waals surface area contributed by atoms with Crippen molar-refractivity contribution in [3.8, 4) is 0 Å². The number of hydrogen-bond donors (Lipinski definition) is 0. The predicted molar refractivity (Wildman–Crippen MR) is 77.4 cm³/mol. The van der Waals surface area contributed by atoms with Gasteiger partial charge < -0.3 is 9.64 Å². The molecule has 0 saturated carbocycles. The molecule has 0 spiro atoms. The second kappa shape index (κ2) is 6.39. The van der Waals surface area contributed by atoms with Gasteiger partial charge in [-0.2, -0.15) is 5.10 Å². The van der Waals surface area contributed by atoms with Crippen molar-refractivity contribution in [2.24, 2.45) is 7.05 Å². The van der Waals surface area contributed by atoms with Crippen molar-refractivity contribution in [1.29, 1.82) is 0 Å². The fourth-order valence-electron chi connectivity index (χ4n) is 2.73. The number of rotatable bonds is 5. The van der Waals surface area contributed by atoms with E-state index in [1.165, 1.54) is 5.56 Å². The number of amides is 1. The van der Waals surface area contributed by atoms with Gasteiger partial charge in [0.05, 0.1) is 6.20 Å². The van der Waals surface area contributed by atoms with Crippen molar-refractivity contribution in [3.63, 3.8) is 0 Å². The van der Waals surface area contributed by atoms with Crippen molar-refractivity contribution in [1.82, 2.24) is 14.7 Å². The Hall–Kier alpha value is -1.36. The molecule has 1 fully saturated rings. The second-order valence-corrected chi connectivity index (χ2v) is 5.89. The van der Waals surface area contributed by atoms with Gasteiger partial charge in [0.2, 0.25) is 0 Å². The molecule has 2 heterocycles. The van der Waals surface area contributed by atoms with Crippen molar-refractivity contribution >= 4 is 5.91 Å². The third kappa shape index (κ3) is 3.60. The van der Waals surface area contributed by atoms with E-state index >= 15 is 0 Å². The minimum atomic E-state index is -0.610. The maximum atomic E-state index is 12.5. The minimum absolute atomic E-state index is 0.114. The van der Waals surface area contributed by atoms with Crippen molar-refractivity contribution < 1.29 is 9.53 Å². The minimum Gasteiger partial charge on any atom is -0.365 e. The van der Waals surface area contributed by atoms with Gasteiger partial charge >= 0.3 is 0 Å². The van der Waals surface area contributed by atoms with Crippen LogP contribution in [0.4, 0.5) is 0 Å². The highest BCUT2D eigenvalue weighted by Crippen LogP contribution is 2.26. The van der Waals surface area contributed by atoms with Crippen LogP contribution in [0, 0.1) is 0 Å². The standard InChI is InChI=1S/C15H25N3O2/c1-15(8-4-5-10-20-15)14(19)17(2)9-6-7-13-11-16-18(3)12-13/h11-12H,4-10H2,1-3H3/t15-/m1/s1. The zero-order valence-electron chi connectivity index (χ0n) is 12.8. The molecule has 0 aliphatic carbocycles. The molecule has 1 aliphatic heterocycles. The zero-order chi connectivity index (χ0) is 14.6. The highest BCUT2D eigenvalue weighted by atomic mass is 16.5. The number of aromatic nitrogens is 2. The van der Waals surface area contributed by atoms with Gasteiger partial charge in [0.25, 0.3) is 5.91 Å². The third-order valence-electron chi connectivity index (χ3n) is 3.99. The van der Waals surface area contributed by atoms with Crippen molar-refractivity contribution in [3.05, 3.63) is 18.0 Å². The first-order valence-electron chi connectivity index (χ1n) is 7.38. The van der Waals surface area contributed by atoms with E-state index in [2.05, 4.69) is 5.10 Å². The molecule has 20 heavy (non-hydrogen) atoms. The lowest BCUT2D eigenvalue weighted by atomic mass is 9.94. The fraction of sp³-hybridized carbons (Fsp3) is 0.733. The highest BCUT2D eigenvalue weighted by Gasteiger charge is 2.37. The number of carbonyl (C=O) groups is 1. The van der Waals surface area contributed by atoms with Crippen molar-refractivity contribution in [2.45, 2.75) is 44.6 Å². The van der Waals surface area contributed by atoms with Gasteiger partial charge in [-0.05, 0) is 44.6 Å². The van der Waals surface area contributed by atoms with Gasteiger partial charge in [-0.3, -0.25) is 9.48 Å². The van der Waals surface area contributed by atoms with Crippen LogP contribution in [0.3, 0.4) is 0 Å². The van der Waals surface area contributed by atoms with Crippen LogP contribution in [0.5, 0.6) is 0 Å². The van der Waals surface area contributed by atoms with E-state index in [-0.39, 0.29) is 5.91 Å². The van der Waals surface area contributed by atoms with Crippen molar-refractivity contribution in [2.75, 3.05) is 20.2 Å². The molecular formula is C15H25N3O2. The third-order valence-corrected chi connectivity index (χ3v) is 3.99. The van der Waals surface area contributed by atoms with E-state index < -0.39 is 5.60 Å². The lowest BCUT2D eigenvalue weighted by Gasteiger charge is -2.35. The van der Waals surface area contributed by atoms with Crippen LogP contribution in [-0.4, -0.2) is 46.4 Å². The maximum absolute atomic E-state index is 12.5. The summed E-state index contributed by atoms with van der Waals surface area (Å²) in [5, 5.41) is 4.15. The molecule has 1 aromatic heterocycles. The van der Waals surface area contributed by atoms with E-state index in [1.54, 1.807) is 4.68 Å². The zero-order valence-corrected chi connectivity index (χ0v) is 12.8. The molecule has 1 saturated heterocycles. The Morgan fingerprint density at radius 1 is 1.55 bits per heavy atom. The molecular weight excluding hydrogens is 254 g/mol. The lowest BCUT2D eigenvalue weighted by Crippen LogP contribution is -2.49. The number of aryl methyl sites for hydroxylation is 2. The van der Waals surface area contributed by atoms with Crippen LogP contribution in [-0.2, 0) is 23.0 Å². The fourth-order valence-corrected chi connectivity index (χ4v) is 2.73. The van der Waals surface area contributed by atoms with Gasteiger partial charge in [0.1, 0.15) is 5.60 Å². The molecule has 5 heteroatoms. The summed E-state index contributed by atoms with van der Waals surface area (Å²) in [4.78, 5) is 14.3. The Kier molecular flexibility index (Phi) is 4.81. The van der Waals surface area contributed by atoms with Crippen LogP contribution in [0.15, 0.2) is 12.4 Å². The quantitative estimate of drug-likeness (QED) is 0.825. The van der Waals surface area contributed by atoms with Gasteiger partial charge in [-0.1, -0.05) is 0 Å². The Labute approximate surface area is 120 Å². The molecule has 0 bridgehead atoms. The topological polar surface area (TPSA) is 47.4 Å². The summed E-state index contributed by atoms with van der Waals surface area (Å²) in [6, 6.07) is 0. The highest BCUT2D eigenvalue weighted by molar-refractivity contribution is 5.84. The first-order chi connectivity index (χ1) is 9.51. The summed E-state index contributed by atoms with van der Waals surface area (Å²) in [7, 11) is 3.79. The molecule has 0 aromatic carbocycles. The van der Waals surface area contributed by atoms with Crippen LogP contribution in [0.1, 0.15) is 38.2 Å². The normalized spacial score (nSPS) is 22.8. The first-order valence-corrected chi connectivity index (χ1v) is 7.38. The molecule has 1 aromatic rings. The average molecular weight is 279 g/mol. The second-order valence-electron chi connectivity index (χ2n) is 5.89. The van der Waals surface area contributed by atoms with E-state index in [4.69, 9.17) is 4.74 Å². The number of hydrogen-bond acceptors (Lipinski definition) is 3. The number of nitrogens with zero attached hydrogens (tertiary/aromatic N) is 3. The Balaban J connectivity index is 1.79. The van der Waals surface area contributed by atoms with E-state index in [0.717, 1.165) is 38.6 Å². The first kappa shape index (κ1) is 15.0. The molecule has 112 valence electrons. The summed E-state index contributed by atoms with van der Waals surface area (Å²) >= 11 is 0. The van der Waals surface area contributed by atoms with E-state index in [1.807, 2.05) is 38.3 Å². The predicted octanol–water partition coefficient (Wildman–Crippen LogP) is 1.77. The summed E-state index contributed by atoms with van der Waals surface area (Å²) in [5.41, 5.74) is 0.606. The summed E-state index contributed by atoms with van der Waals surface area (Å²) in [6.07, 6.45) is 8.77. The number of ether oxygens (including phenoxy) is 1. The molecule has 5 nitrogen and oxygen atoms in total. The molecule has 0 unspecified atom stereocenters. The monoisotopic (exact) mass is 279 g/mol. The molecule has 2 rings (SSSR count). The van der Waals surface area contributed by atoms with E-state index in [0.29, 0.717) is 6.61 Å². The van der Waals surface area contributed by atoms with Gasteiger partial charge in [0, 0.05) is 33.4 Å². The molecule has 0 radical (unpaired) electrons. The molecule has 0 N–H and O–H groups in total. The van der Waals surface area contributed by atoms with Crippen LogP contribution in [0.25, 0.3) is 0 Å². The summed E-state index contributed by atoms with van der Waals surface area (Å²) in [6.45, 7) is 3.38. The van der Waals surface area contributed by atoms with E-state index in [9.17, 15) is 4.79 Å². The summed E-state index contributed by atoms with van der Waals surface area (Å²) < 4.78 is 7.52. The van der Waals surface area contributed by atoms with Gasteiger partial charge in [-0.25, -0.2) is 0 Å². The largest absolute Gasteiger partial charge is 0.365 e. The maximum Gasteiger partial charge on any atom is 0.254 e. The lowest BCUT2D eigenvalue weighted by molar-refractivity contribution is -0.160. The molecule has 1 amide bonds. The molecule has 1 aliphatic rings.